The summed E-state index contributed by atoms with van der Waals surface area (Å²) in [6.45, 7) is 5.10. The number of unbranched alkanes of at least 4 members (excludes halogenated alkanes) is 1. The third-order valence-corrected chi connectivity index (χ3v) is 6.63. The molecule has 1 aliphatic rings. The smallest absolute Gasteiger partial charge is 0.286 e. The van der Waals surface area contributed by atoms with Gasteiger partial charge in [0.25, 0.3) is 5.91 Å². The number of rotatable bonds is 21. The van der Waals surface area contributed by atoms with E-state index in [9.17, 15) is 14.4 Å². The molecule has 0 radical (unpaired) electrons. The number of nitrogens with one attached hydrogen (secondary N) is 2. The van der Waals surface area contributed by atoms with Crippen molar-refractivity contribution in [1.29, 1.82) is 0 Å². The van der Waals surface area contributed by atoms with Gasteiger partial charge in [-0.15, -0.1) is 0 Å². The lowest BCUT2D eigenvalue weighted by Crippen LogP contribution is -2.33. The number of hydrogen-bond donors (Lipinski definition) is 2. The number of benzene rings is 1. The number of allylic oxidation sites excluding steroid dienone is 10. The summed E-state index contributed by atoms with van der Waals surface area (Å²) in [5, 5.41) is 5.54. The van der Waals surface area contributed by atoms with Crippen molar-refractivity contribution in [1.82, 2.24) is 10.6 Å². The molecule has 0 bridgehead atoms. The predicted octanol–water partition coefficient (Wildman–Crippen LogP) is 6.56. The van der Waals surface area contributed by atoms with Gasteiger partial charge in [-0.25, -0.2) is 0 Å². The van der Waals surface area contributed by atoms with Crippen molar-refractivity contribution >= 4 is 17.6 Å². The second-order valence-corrected chi connectivity index (χ2v) is 10.2. The normalized spacial score (nSPS) is 17.1. The Morgan fingerprint density at radius 1 is 0.814 bits per heavy atom. The highest BCUT2D eigenvalue weighted by atomic mass is 16.5. The Kier molecular flexibility index (Phi) is 17.8. The molecule has 1 aromatic rings. The van der Waals surface area contributed by atoms with Crippen LogP contribution in [-0.2, 0) is 29.5 Å². The van der Waals surface area contributed by atoms with E-state index in [2.05, 4.69) is 78.3 Å². The van der Waals surface area contributed by atoms with Crippen molar-refractivity contribution in [2.45, 2.75) is 70.8 Å². The van der Waals surface area contributed by atoms with Crippen LogP contribution in [0.1, 0.15) is 70.8 Å². The molecule has 1 unspecified atom stereocenters. The number of carbonyl (C=O) groups excluding carboxylic acids is 3. The molecule has 1 aliphatic heterocycles. The Bertz CT molecular complexity index is 1160. The van der Waals surface area contributed by atoms with Crippen LogP contribution in [0.5, 0.6) is 0 Å². The molecule has 0 aromatic heterocycles. The van der Waals surface area contributed by atoms with Crippen LogP contribution < -0.4 is 10.6 Å². The number of carbonyl (C=O) groups is 3. The van der Waals surface area contributed by atoms with E-state index in [4.69, 9.17) is 9.47 Å². The highest BCUT2D eigenvalue weighted by Crippen LogP contribution is 2.34. The zero-order chi connectivity index (χ0) is 31.0. The summed E-state index contributed by atoms with van der Waals surface area (Å²) < 4.78 is 11.2. The third kappa shape index (κ3) is 14.7. The molecule has 1 heterocycles. The van der Waals surface area contributed by atoms with Gasteiger partial charge >= 0.3 is 0 Å². The Labute approximate surface area is 257 Å². The van der Waals surface area contributed by atoms with Gasteiger partial charge in [-0.1, -0.05) is 98.0 Å². The molecule has 43 heavy (non-hydrogen) atoms. The maximum Gasteiger partial charge on any atom is 0.286 e. The summed E-state index contributed by atoms with van der Waals surface area (Å²) >= 11 is 0. The van der Waals surface area contributed by atoms with Crippen LogP contribution in [0.4, 0.5) is 0 Å². The number of amides is 2. The highest BCUT2D eigenvalue weighted by molar-refractivity contribution is 6.07. The lowest BCUT2D eigenvalue weighted by atomic mass is 9.92. The molecule has 2 N–H and O–H groups in total. The first-order valence-electron chi connectivity index (χ1n) is 15.4. The first-order valence-corrected chi connectivity index (χ1v) is 15.4. The fourth-order valence-electron chi connectivity index (χ4n) is 4.15. The first-order chi connectivity index (χ1) is 21.0. The number of ketones is 1. The van der Waals surface area contributed by atoms with Crippen molar-refractivity contribution in [3.8, 4) is 0 Å². The maximum atomic E-state index is 12.5. The van der Waals surface area contributed by atoms with E-state index in [1.165, 1.54) is 6.08 Å². The van der Waals surface area contributed by atoms with Crippen LogP contribution in [-0.4, -0.2) is 43.9 Å². The van der Waals surface area contributed by atoms with Crippen LogP contribution in [0.25, 0.3) is 0 Å². The van der Waals surface area contributed by atoms with Crippen molar-refractivity contribution in [3.05, 3.63) is 108 Å². The van der Waals surface area contributed by atoms with E-state index in [0.717, 1.165) is 44.9 Å². The molecule has 2 amide bonds. The maximum absolute atomic E-state index is 12.5. The summed E-state index contributed by atoms with van der Waals surface area (Å²) in [5.74, 6) is -0.736. The van der Waals surface area contributed by atoms with E-state index in [0.29, 0.717) is 25.1 Å². The fraction of sp³-hybridized carbons (Fsp3) is 0.417. The molecule has 0 saturated carbocycles. The van der Waals surface area contributed by atoms with Crippen LogP contribution >= 0.6 is 0 Å². The molecule has 0 spiro atoms. The van der Waals surface area contributed by atoms with Gasteiger partial charge in [-0.2, -0.15) is 0 Å². The number of hydrogen-bond acceptors (Lipinski definition) is 5. The molecule has 0 fully saturated rings. The van der Waals surface area contributed by atoms with Crippen LogP contribution in [0.3, 0.4) is 0 Å². The second-order valence-electron chi connectivity index (χ2n) is 10.2. The van der Waals surface area contributed by atoms with Gasteiger partial charge in [0.05, 0.1) is 13.2 Å². The Hall–Kier alpha value is -3.97. The molecule has 2 rings (SSSR count). The van der Waals surface area contributed by atoms with E-state index < -0.39 is 11.5 Å². The molecular weight excluding hydrogens is 540 g/mol. The van der Waals surface area contributed by atoms with Gasteiger partial charge < -0.3 is 20.1 Å². The second kappa shape index (κ2) is 21.7. The minimum absolute atomic E-state index is 0.000654. The van der Waals surface area contributed by atoms with Gasteiger partial charge in [0.15, 0.2) is 11.4 Å². The molecule has 1 atom stereocenters. The van der Waals surface area contributed by atoms with Crippen molar-refractivity contribution in [2.75, 3.05) is 26.3 Å². The lowest BCUT2D eigenvalue weighted by Gasteiger charge is -2.23. The summed E-state index contributed by atoms with van der Waals surface area (Å²) in [7, 11) is 0. The van der Waals surface area contributed by atoms with E-state index in [1.54, 1.807) is 19.1 Å². The highest BCUT2D eigenvalue weighted by Gasteiger charge is 2.43. The average Bonchev–Trinajstić information content (AvgIpc) is 3.33. The minimum atomic E-state index is -1.20. The standard InChI is InChI=1S/C36H48N2O5/c1-3-4-5-6-7-8-9-10-11-12-13-14-15-16-17-18-22-25-34(40)37-26-28-42-29-27-38-35(41)32-30-33(39)36(2,43-32)31-23-20-19-21-24-31/h4-5,7-8,10-11,13-14,16-17,19-21,23-24,30H,3,6,9,12,15,18,22,25-29H2,1-2H3,(H,37,40)(H,38,41)/b5-4-,8-7-,11-10-,14-13-,17-16-. The van der Waals surface area contributed by atoms with Crippen LogP contribution in [0, 0.1) is 0 Å². The average molecular weight is 589 g/mol. The molecular formula is C36H48N2O5. The fourth-order valence-corrected chi connectivity index (χ4v) is 4.15. The third-order valence-electron chi connectivity index (χ3n) is 6.63. The summed E-state index contributed by atoms with van der Waals surface area (Å²) in [6.07, 6.45) is 30.0. The van der Waals surface area contributed by atoms with Gasteiger partial charge in [-0.3, -0.25) is 14.4 Å². The van der Waals surface area contributed by atoms with Gasteiger partial charge in [0.1, 0.15) is 0 Å². The first kappa shape index (κ1) is 35.2. The molecule has 0 saturated heterocycles. The van der Waals surface area contributed by atoms with Crippen molar-refractivity contribution < 1.29 is 23.9 Å². The van der Waals surface area contributed by atoms with Crippen molar-refractivity contribution in [3.63, 3.8) is 0 Å². The lowest BCUT2D eigenvalue weighted by molar-refractivity contribution is -0.132. The largest absolute Gasteiger partial charge is 0.469 e. The zero-order valence-corrected chi connectivity index (χ0v) is 25.8. The zero-order valence-electron chi connectivity index (χ0n) is 25.8. The van der Waals surface area contributed by atoms with Gasteiger partial charge in [-0.05, 0) is 51.9 Å². The molecule has 1 aromatic carbocycles. The summed E-state index contributed by atoms with van der Waals surface area (Å²) in [4.78, 5) is 36.9. The number of ether oxygens (including phenoxy) is 2. The van der Waals surface area contributed by atoms with Crippen LogP contribution in [0.15, 0.2) is 103 Å². The van der Waals surface area contributed by atoms with E-state index >= 15 is 0 Å². The SMILES string of the molecule is CC/C=C\C/C=C\C/C=C\C/C=C\C/C=C\CCCC(=O)NCCOCCNC(=O)C1=CC(=O)C(C)(c2ccccc2)O1. The topological polar surface area (TPSA) is 93.7 Å². The van der Waals surface area contributed by atoms with Crippen LogP contribution in [0.2, 0.25) is 0 Å². The Morgan fingerprint density at radius 2 is 1.37 bits per heavy atom. The van der Waals surface area contributed by atoms with Gasteiger partial charge in [0, 0.05) is 31.1 Å². The molecule has 232 valence electrons. The quantitative estimate of drug-likeness (QED) is 0.125. The molecule has 7 nitrogen and oxygen atoms in total. The van der Waals surface area contributed by atoms with Gasteiger partial charge in [0.2, 0.25) is 11.7 Å². The Balaban J connectivity index is 1.42. The summed E-state index contributed by atoms with van der Waals surface area (Å²) in [5.41, 5.74) is -0.504. The van der Waals surface area contributed by atoms with E-state index in [1.807, 2.05) is 18.2 Å². The monoisotopic (exact) mass is 588 g/mol. The predicted molar refractivity (Wildman–Crippen MR) is 173 cm³/mol. The summed E-state index contributed by atoms with van der Waals surface area (Å²) in [6, 6.07) is 9.09. The molecule has 0 aliphatic carbocycles. The van der Waals surface area contributed by atoms with E-state index in [-0.39, 0.29) is 30.6 Å². The Morgan fingerprint density at radius 3 is 1.98 bits per heavy atom. The van der Waals surface area contributed by atoms with Crippen molar-refractivity contribution in [2.24, 2.45) is 0 Å². The minimum Gasteiger partial charge on any atom is -0.469 e. The molecule has 7 heteroatoms.